The molecule has 0 spiro atoms. The van der Waals surface area contributed by atoms with E-state index in [4.69, 9.17) is 0 Å². The first-order chi connectivity index (χ1) is 14.8. The third-order valence-electron chi connectivity index (χ3n) is 4.63. The fourth-order valence-corrected chi connectivity index (χ4v) is 3.74. The van der Waals surface area contributed by atoms with E-state index in [9.17, 15) is 19.5 Å². The van der Waals surface area contributed by atoms with Gasteiger partial charge in [0.15, 0.2) is 0 Å². The third-order valence-corrected chi connectivity index (χ3v) is 5.64. The van der Waals surface area contributed by atoms with Crippen molar-refractivity contribution in [1.82, 2.24) is 0 Å². The molecule has 0 fully saturated rings. The Morgan fingerprint density at radius 2 is 1.42 bits per heavy atom. The third kappa shape index (κ3) is 5.73. The highest BCUT2D eigenvalue weighted by Gasteiger charge is 2.16. The molecule has 2 amide bonds. The molecule has 0 aliphatic rings. The summed E-state index contributed by atoms with van der Waals surface area (Å²) in [7, 11) is 0. The van der Waals surface area contributed by atoms with E-state index in [0.717, 1.165) is 21.7 Å². The number of aryl methyl sites for hydroxylation is 2. The van der Waals surface area contributed by atoms with E-state index >= 15 is 0 Å². The smallest absolute Gasteiger partial charge is 0.336 e. The highest BCUT2D eigenvalue weighted by atomic mass is 32.2. The van der Waals surface area contributed by atoms with Gasteiger partial charge in [0.05, 0.1) is 16.9 Å². The van der Waals surface area contributed by atoms with Crippen LogP contribution in [0.1, 0.15) is 31.8 Å². The first-order valence-electron chi connectivity index (χ1n) is 9.58. The Labute approximate surface area is 184 Å². The van der Waals surface area contributed by atoms with Gasteiger partial charge >= 0.3 is 5.97 Å². The van der Waals surface area contributed by atoms with Gasteiger partial charge in [-0.1, -0.05) is 30.3 Å². The molecule has 0 radical (unpaired) electrons. The monoisotopic (exact) mass is 434 g/mol. The minimum atomic E-state index is -1.16. The highest BCUT2D eigenvalue weighted by molar-refractivity contribution is 8.00. The zero-order valence-corrected chi connectivity index (χ0v) is 18.0. The van der Waals surface area contributed by atoms with Gasteiger partial charge in [-0.3, -0.25) is 9.59 Å². The zero-order valence-electron chi connectivity index (χ0n) is 17.1. The molecule has 0 atom stereocenters. The Bertz CT molecular complexity index is 1110. The Balaban J connectivity index is 1.58. The number of amides is 2. The van der Waals surface area contributed by atoms with Crippen LogP contribution in [0.5, 0.6) is 0 Å². The molecule has 0 heterocycles. The van der Waals surface area contributed by atoms with Crippen LogP contribution in [0.3, 0.4) is 0 Å². The number of hydrogen-bond donors (Lipinski definition) is 3. The van der Waals surface area contributed by atoms with Crippen LogP contribution in [0.4, 0.5) is 11.4 Å². The van der Waals surface area contributed by atoms with Gasteiger partial charge in [-0.25, -0.2) is 4.79 Å². The maximum Gasteiger partial charge on any atom is 0.336 e. The molecule has 0 bridgehead atoms. The van der Waals surface area contributed by atoms with Gasteiger partial charge in [0.2, 0.25) is 5.91 Å². The number of carbonyl (C=O) groups is 3. The van der Waals surface area contributed by atoms with E-state index in [1.165, 1.54) is 23.9 Å². The molecule has 0 aliphatic carbocycles. The molecule has 0 aromatic heterocycles. The number of carboxylic acid groups (broad SMARTS) is 1. The van der Waals surface area contributed by atoms with Crippen molar-refractivity contribution in [1.29, 1.82) is 0 Å². The van der Waals surface area contributed by atoms with E-state index in [0.29, 0.717) is 5.69 Å². The Morgan fingerprint density at radius 1 is 0.806 bits per heavy atom. The predicted molar refractivity (Wildman–Crippen MR) is 123 cm³/mol. The molecular formula is C24H22N2O4S. The van der Waals surface area contributed by atoms with Crippen molar-refractivity contribution in [3.63, 3.8) is 0 Å². The minimum absolute atomic E-state index is 0.0536. The summed E-state index contributed by atoms with van der Waals surface area (Å²) in [4.78, 5) is 36.9. The number of anilines is 2. The predicted octanol–water partition coefficient (Wildman–Crippen LogP) is 4.98. The zero-order chi connectivity index (χ0) is 22.4. The summed E-state index contributed by atoms with van der Waals surface area (Å²) >= 11 is 1.39. The minimum Gasteiger partial charge on any atom is -0.478 e. The molecule has 31 heavy (non-hydrogen) atoms. The van der Waals surface area contributed by atoms with Gasteiger partial charge in [-0.15, -0.1) is 11.8 Å². The van der Waals surface area contributed by atoms with Crippen molar-refractivity contribution in [2.45, 2.75) is 18.7 Å². The number of para-hydroxylation sites is 1. The summed E-state index contributed by atoms with van der Waals surface area (Å²) in [5.41, 5.74) is 3.45. The quantitative estimate of drug-likeness (QED) is 0.456. The van der Waals surface area contributed by atoms with Crippen molar-refractivity contribution >= 4 is 40.9 Å². The van der Waals surface area contributed by atoms with Crippen LogP contribution >= 0.6 is 11.8 Å². The molecule has 158 valence electrons. The molecule has 3 rings (SSSR count). The first-order valence-corrected chi connectivity index (χ1v) is 10.6. The average molecular weight is 435 g/mol. The normalized spacial score (nSPS) is 10.4. The number of benzene rings is 3. The van der Waals surface area contributed by atoms with E-state index in [1.54, 1.807) is 36.4 Å². The lowest BCUT2D eigenvalue weighted by Gasteiger charge is -2.11. The fraction of sp³-hybridized carbons (Fsp3) is 0.125. The molecule has 3 aromatic carbocycles. The summed E-state index contributed by atoms with van der Waals surface area (Å²) in [6.45, 7) is 3.91. The Kier molecular flexibility index (Phi) is 7.10. The Morgan fingerprint density at radius 3 is 2.03 bits per heavy atom. The van der Waals surface area contributed by atoms with Crippen molar-refractivity contribution in [3.05, 3.63) is 89.0 Å². The van der Waals surface area contributed by atoms with Crippen LogP contribution in [0, 0.1) is 13.8 Å². The standard InChI is InChI=1S/C24H22N2O4S/c1-15-6-5-7-16(2)22(15)26-21(27)14-31-18-12-10-17(11-13-18)25-23(28)19-8-3-4-9-20(19)24(29)30/h3-13H,14H2,1-2H3,(H,25,28)(H,26,27)(H,29,30). The second-order valence-corrected chi connectivity index (χ2v) is 7.98. The van der Waals surface area contributed by atoms with Crippen molar-refractivity contribution in [2.24, 2.45) is 0 Å². The lowest BCUT2D eigenvalue weighted by molar-refractivity contribution is -0.113. The number of carboxylic acids is 1. The molecule has 3 N–H and O–H groups in total. The maximum atomic E-state index is 12.4. The van der Waals surface area contributed by atoms with Crippen molar-refractivity contribution < 1.29 is 19.5 Å². The number of hydrogen-bond acceptors (Lipinski definition) is 4. The number of carbonyl (C=O) groups excluding carboxylic acids is 2. The second kappa shape index (κ2) is 9.95. The topological polar surface area (TPSA) is 95.5 Å². The van der Waals surface area contributed by atoms with Gasteiger partial charge in [-0.05, 0) is 61.4 Å². The van der Waals surface area contributed by atoms with Crippen LogP contribution in [-0.4, -0.2) is 28.6 Å². The van der Waals surface area contributed by atoms with Gasteiger partial charge in [0.25, 0.3) is 5.91 Å². The summed E-state index contributed by atoms with van der Waals surface area (Å²) in [5, 5.41) is 14.9. The maximum absolute atomic E-state index is 12.4. The van der Waals surface area contributed by atoms with Gasteiger partial charge in [0, 0.05) is 16.3 Å². The number of thioether (sulfide) groups is 1. The van der Waals surface area contributed by atoms with Gasteiger partial charge in [-0.2, -0.15) is 0 Å². The highest BCUT2D eigenvalue weighted by Crippen LogP contribution is 2.23. The Hall–Kier alpha value is -3.58. The molecule has 3 aromatic rings. The summed E-state index contributed by atoms with van der Waals surface area (Å²) in [6, 6.07) is 18.9. The van der Waals surface area contributed by atoms with Crippen LogP contribution in [0.15, 0.2) is 71.6 Å². The molecule has 0 unspecified atom stereocenters. The lowest BCUT2D eigenvalue weighted by atomic mass is 10.1. The van der Waals surface area contributed by atoms with Crippen LogP contribution < -0.4 is 10.6 Å². The van der Waals surface area contributed by atoms with E-state index in [2.05, 4.69) is 10.6 Å². The van der Waals surface area contributed by atoms with Crippen LogP contribution in [0.2, 0.25) is 0 Å². The summed E-state index contributed by atoms with van der Waals surface area (Å²) in [6.07, 6.45) is 0. The number of aromatic carboxylic acids is 1. The SMILES string of the molecule is Cc1cccc(C)c1NC(=O)CSc1ccc(NC(=O)c2ccccc2C(=O)O)cc1. The van der Waals surface area contributed by atoms with Crippen LogP contribution in [-0.2, 0) is 4.79 Å². The van der Waals surface area contributed by atoms with Crippen molar-refractivity contribution in [2.75, 3.05) is 16.4 Å². The molecular weight excluding hydrogens is 412 g/mol. The summed E-state index contributed by atoms with van der Waals surface area (Å²) in [5.74, 6) is -1.49. The first kappa shape index (κ1) is 22.1. The van der Waals surface area contributed by atoms with Gasteiger partial charge < -0.3 is 15.7 Å². The average Bonchev–Trinajstić information content (AvgIpc) is 2.76. The van der Waals surface area contributed by atoms with E-state index in [1.807, 2.05) is 32.0 Å². The number of nitrogens with one attached hydrogen (secondary N) is 2. The van der Waals surface area contributed by atoms with E-state index < -0.39 is 11.9 Å². The number of rotatable bonds is 7. The largest absolute Gasteiger partial charge is 0.478 e. The van der Waals surface area contributed by atoms with Crippen LogP contribution in [0.25, 0.3) is 0 Å². The summed E-state index contributed by atoms with van der Waals surface area (Å²) < 4.78 is 0. The second-order valence-electron chi connectivity index (χ2n) is 6.93. The molecule has 0 saturated heterocycles. The fourth-order valence-electron chi connectivity index (χ4n) is 3.04. The van der Waals surface area contributed by atoms with Crippen molar-refractivity contribution in [3.8, 4) is 0 Å². The molecule has 0 aliphatic heterocycles. The molecule has 0 saturated carbocycles. The van der Waals surface area contributed by atoms with E-state index in [-0.39, 0.29) is 22.8 Å². The van der Waals surface area contributed by atoms with Gasteiger partial charge in [0.1, 0.15) is 0 Å². The lowest BCUT2D eigenvalue weighted by Crippen LogP contribution is -2.16. The molecule has 6 nitrogen and oxygen atoms in total. The molecule has 7 heteroatoms.